The lowest BCUT2D eigenvalue weighted by atomic mass is 9.89. The number of rotatable bonds is 5. The minimum atomic E-state index is 0.835. The molecule has 2 bridgehead atoms. The maximum Gasteiger partial charge on any atom is 0.0860 e. The second kappa shape index (κ2) is 5.45. The molecule has 0 aromatic carbocycles. The van der Waals surface area contributed by atoms with Crippen molar-refractivity contribution in [1.29, 1.82) is 0 Å². The zero-order chi connectivity index (χ0) is 13.4. The van der Waals surface area contributed by atoms with Gasteiger partial charge in [-0.25, -0.2) is 0 Å². The molecule has 0 saturated heterocycles. The van der Waals surface area contributed by atoms with Crippen LogP contribution in [-0.2, 0) is 13.1 Å². The van der Waals surface area contributed by atoms with Gasteiger partial charge >= 0.3 is 0 Å². The lowest BCUT2D eigenvalue weighted by Crippen LogP contribution is -2.27. The van der Waals surface area contributed by atoms with Gasteiger partial charge in [0.1, 0.15) is 0 Å². The van der Waals surface area contributed by atoms with E-state index in [2.05, 4.69) is 17.3 Å². The molecule has 3 unspecified atom stereocenters. The zero-order valence-electron chi connectivity index (χ0n) is 12.0. The van der Waals surface area contributed by atoms with E-state index in [4.69, 9.17) is 11.6 Å². The van der Waals surface area contributed by atoms with Gasteiger partial charge in [-0.1, -0.05) is 18.0 Å². The average molecular weight is 282 g/mol. The molecule has 0 aliphatic heterocycles. The van der Waals surface area contributed by atoms with Crippen LogP contribution in [0.15, 0.2) is 0 Å². The topological polar surface area (TPSA) is 29.9 Å². The Balaban J connectivity index is 1.55. The smallest absolute Gasteiger partial charge is 0.0860 e. The predicted octanol–water partition coefficient (Wildman–Crippen LogP) is 3.39. The number of nitrogens with one attached hydrogen (secondary N) is 1. The molecule has 3 rings (SSSR count). The van der Waals surface area contributed by atoms with Crippen LogP contribution in [0, 0.1) is 24.7 Å². The third kappa shape index (κ3) is 2.55. The third-order valence-corrected chi connectivity index (χ3v) is 5.53. The quantitative estimate of drug-likeness (QED) is 0.897. The lowest BCUT2D eigenvalue weighted by Gasteiger charge is -2.22. The number of hydrogen-bond donors (Lipinski definition) is 1. The second-order valence-corrected chi connectivity index (χ2v) is 6.61. The fourth-order valence-corrected chi connectivity index (χ4v) is 4.24. The van der Waals surface area contributed by atoms with Gasteiger partial charge in [-0.3, -0.25) is 4.68 Å². The Labute approximate surface area is 120 Å². The third-order valence-electron chi connectivity index (χ3n) is 5.04. The Morgan fingerprint density at radius 2 is 2.21 bits per heavy atom. The van der Waals surface area contributed by atoms with E-state index in [1.807, 2.05) is 11.6 Å². The van der Waals surface area contributed by atoms with Gasteiger partial charge in [0.15, 0.2) is 0 Å². The number of aromatic nitrogens is 2. The molecule has 2 saturated carbocycles. The highest BCUT2D eigenvalue weighted by Crippen LogP contribution is 2.47. The van der Waals surface area contributed by atoms with Crippen molar-refractivity contribution in [3.05, 3.63) is 16.4 Å². The first kappa shape index (κ1) is 13.4. The number of fused-ring (bicyclic) bond motifs is 2. The van der Waals surface area contributed by atoms with Gasteiger partial charge in [0.25, 0.3) is 0 Å². The van der Waals surface area contributed by atoms with Gasteiger partial charge in [0, 0.05) is 13.1 Å². The van der Waals surface area contributed by atoms with Crippen LogP contribution in [0.2, 0.25) is 5.02 Å². The first-order valence-corrected chi connectivity index (χ1v) is 7.99. The minimum absolute atomic E-state index is 0.835. The van der Waals surface area contributed by atoms with Crippen molar-refractivity contribution < 1.29 is 0 Å². The van der Waals surface area contributed by atoms with Crippen LogP contribution < -0.4 is 5.32 Å². The van der Waals surface area contributed by atoms with E-state index in [0.717, 1.165) is 53.8 Å². The monoisotopic (exact) mass is 281 g/mol. The molecule has 2 fully saturated rings. The van der Waals surface area contributed by atoms with E-state index >= 15 is 0 Å². The molecule has 1 heterocycles. The molecule has 1 N–H and O–H groups in total. The van der Waals surface area contributed by atoms with E-state index in [-0.39, 0.29) is 0 Å². The van der Waals surface area contributed by atoms with E-state index in [1.165, 1.54) is 25.7 Å². The summed E-state index contributed by atoms with van der Waals surface area (Å²) in [4.78, 5) is 0. The van der Waals surface area contributed by atoms with E-state index < -0.39 is 0 Å². The van der Waals surface area contributed by atoms with Crippen LogP contribution in [0.3, 0.4) is 0 Å². The van der Waals surface area contributed by atoms with Gasteiger partial charge < -0.3 is 5.32 Å². The molecule has 3 atom stereocenters. The minimum Gasteiger partial charge on any atom is -0.311 e. The summed E-state index contributed by atoms with van der Waals surface area (Å²) in [5, 5.41) is 8.91. The van der Waals surface area contributed by atoms with Crippen LogP contribution in [-0.4, -0.2) is 16.3 Å². The molecule has 2 aliphatic rings. The molecule has 19 heavy (non-hydrogen) atoms. The summed E-state index contributed by atoms with van der Waals surface area (Å²) < 4.78 is 2.02. The van der Waals surface area contributed by atoms with Crippen molar-refractivity contribution in [1.82, 2.24) is 15.1 Å². The Bertz CT molecular complexity index is 454. The van der Waals surface area contributed by atoms with E-state index in [1.54, 1.807) is 0 Å². The highest BCUT2D eigenvalue weighted by Gasteiger charge is 2.38. The number of aryl methyl sites for hydroxylation is 2. The first-order chi connectivity index (χ1) is 9.19. The molecular formula is C15H24ClN3. The molecule has 2 aliphatic carbocycles. The van der Waals surface area contributed by atoms with Crippen LogP contribution in [0.1, 0.15) is 44.0 Å². The van der Waals surface area contributed by atoms with Gasteiger partial charge in [-0.2, -0.15) is 5.10 Å². The highest BCUT2D eigenvalue weighted by molar-refractivity contribution is 6.31. The van der Waals surface area contributed by atoms with Crippen molar-refractivity contribution in [2.75, 3.05) is 6.54 Å². The molecular weight excluding hydrogens is 258 g/mol. The van der Waals surface area contributed by atoms with Crippen molar-refractivity contribution in [2.45, 2.75) is 52.6 Å². The summed E-state index contributed by atoms with van der Waals surface area (Å²) in [6, 6.07) is 0. The zero-order valence-corrected chi connectivity index (χ0v) is 12.7. The summed E-state index contributed by atoms with van der Waals surface area (Å²) in [6.07, 6.45) is 5.87. The summed E-state index contributed by atoms with van der Waals surface area (Å²) in [5.74, 6) is 2.92. The Morgan fingerprint density at radius 3 is 2.84 bits per heavy atom. The fraction of sp³-hybridized carbons (Fsp3) is 0.800. The summed E-state index contributed by atoms with van der Waals surface area (Å²) in [5.41, 5.74) is 2.09. The van der Waals surface area contributed by atoms with Crippen molar-refractivity contribution >= 4 is 11.6 Å². The van der Waals surface area contributed by atoms with Gasteiger partial charge in [-0.15, -0.1) is 0 Å². The Morgan fingerprint density at radius 1 is 1.37 bits per heavy atom. The number of hydrogen-bond acceptors (Lipinski definition) is 2. The summed E-state index contributed by atoms with van der Waals surface area (Å²) >= 11 is 6.33. The molecule has 0 radical (unpaired) electrons. The Kier molecular flexibility index (Phi) is 3.86. The molecule has 1 aromatic heterocycles. The van der Waals surface area contributed by atoms with Crippen LogP contribution in [0.25, 0.3) is 0 Å². The van der Waals surface area contributed by atoms with Crippen LogP contribution in [0.4, 0.5) is 0 Å². The first-order valence-electron chi connectivity index (χ1n) is 7.61. The maximum absolute atomic E-state index is 6.33. The average Bonchev–Trinajstić information content (AvgIpc) is 3.08. The molecule has 1 aromatic rings. The van der Waals surface area contributed by atoms with Gasteiger partial charge in [-0.05, 0) is 57.4 Å². The summed E-state index contributed by atoms with van der Waals surface area (Å²) in [7, 11) is 0. The largest absolute Gasteiger partial charge is 0.311 e. The van der Waals surface area contributed by atoms with Crippen LogP contribution in [0.5, 0.6) is 0 Å². The van der Waals surface area contributed by atoms with E-state index in [0.29, 0.717) is 0 Å². The fourth-order valence-electron chi connectivity index (χ4n) is 4.04. The van der Waals surface area contributed by atoms with Crippen molar-refractivity contribution in [3.8, 4) is 0 Å². The second-order valence-electron chi connectivity index (χ2n) is 6.23. The molecule has 4 heteroatoms. The normalized spacial score (nSPS) is 29.3. The lowest BCUT2D eigenvalue weighted by molar-refractivity contribution is 0.317. The van der Waals surface area contributed by atoms with Gasteiger partial charge in [0.05, 0.1) is 16.4 Å². The molecule has 0 spiro atoms. The van der Waals surface area contributed by atoms with E-state index in [9.17, 15) is 0 Å². The van der Waals surface area contributed by atoms with Crippen LogP contribution >= 0.6 is 11.6 Å². The summed E-state index contributed by atoms with van der Waals surface area (Å²) in [6.45, 7) is 6.97. The van der Waals surface area contributed by atoms with Gasteiger partial charge in [0.2, 0.25) is 0 Å². The highest BCUT2D eigenvalue weighted by atomic mass is 35.5. The molecule has 3 nitrogen and oxygen atoms in total. The number of halogens is 1. The van der Waals surface area contributed by atoms with Crippen molar-refractivity contribution in [2.24, 2.45) is 17.8 Å². The Hall–Kier alpha value is -0.540. The number of nitrogens with zero attached hydrogens (tertiary/aromatic N) is 2. The van der Waals surface area contributed by atoms with Crippen molar-refractivity contribution in [3.63, 3.8) is 0 Å². The maximum atomic E-state index is 6.33. The standard InChI is InChI=1S/C15H24ClN3/c1-3-19-14(15(16)10(2)18-19)9-17-8-13-7-11-4-5-12(13)6-11/h11-13,17H,3-9H2,1-2H3. The molecule has 106 valence electrons. The predicted molar refractivity (Wildman–Crippen MR) is 78.3 cm³/mol. The SMILES string of the molecule is CCn1nc(C)c(Cl)c1CNCC1CC2CCC1C2. The molecule has 0 amide bonds.